The number of hydrogen-bond donors (Lipinski definition) is 1. The summed E-state index contributed by atoms with van der Waals surface area (Å²) in [5.41, 5.74) is 5.99. The van der Waals surface area contributed by atoms with Gasteiger partial charge in [-0.3, -0.25) is 4.79 Å². The number of hydrogen-bond acceptors (Lipinski definition) is 6. The van der Waals surface area contributed by atoms with Gasteiger partial charge < -0.3 is 10.1 Å². The minimum atomic E-state index is -0.414. The standard InChI is InChI=1S/C22H25N5O3/c1-12-9-17(21(29)30-6)7-8-19(12)25-20(28)11-18-15(4)26-27(16(18)5)22-23-13(2)10-14(3)24-22/h7-10H,11H2,1-6H3,(H,25,28). The van der Waals surface area contributed by atoms with Crippen LogP contribution in [0.5, 0.6) is 0 Å². The molecule has 0 radical (unpaired) electrons. The van der Waals surface area contributed by atoms with Crippen molar-refractivity contribution in [2.24, 2.45) is 0 Å². The maximum atomic E-state index is 12.7. The second-order valence-electron chi connectivity index (χ2n) is 7.26. The Balaban J connectivity index is 1.81. The monoisotopic (exact) mass is 407 g/mol. The number of nitrogens with one attached hydrogen (secondary N) is 1. The Kier molecular flexibility index (Phi) is 5.96. The molecule has 8 nitrogen and oxygen atoms in total. The molecule has 0 bridgehead atoms. The predicted molar refractivity (Wildman–Crippen MR) is 113 cm³/mol. The molecular formula is C22H25N5O3. The molecule has 0 atom stereocenters. The fourth-order valence-electron chi connectivity index (χ4n) is 3.33. The quantitative estimate of drug-likeness (QED) is 0.652. The van der Waals surface area contributed by atoms with Gasteiger partial charge in [-0.1, -0.05) is 0 Å². The van der Waals surface area contributed by atoms with Crippen LogP contribution >= 0.6 is 0 Å². The Labute approximate surface area is 175 Å². The molecule has 156 valence electrons. The van der Waals surface area contributed by atoms with Crippen molar-refractivity contribution in [2.45, 2.75) is 41.0 Å². The second kappa shape index (κ2) is 8.44. The van der Waals surface area contributed by atoms with Gasteiger partial charge in [-0.2, -0.15) is 5.10 Å². The van der Waals surface area contributed by atoms with Crippen molar-refractivity contribution in [1.82, 2.24) is 19.7 Å². The first-order valence-corrected chi connectivity index (χ1v) is 9.56. The zero-order valence-electron chi connectivity index (χ0n) is 18.0. The number of carbonyl (C=O) groups excluding carboxylic acids is 2. The van der Waals surface area contributed by atoms with Gasteiger partial charge >= 0.3 is 5.97 Å². The van der Waals surface area contributed by atoms with Crippen molar-refractivity contribution >= 4 is 17.6 Å². The van der Waals surface area contributed by atoms with E-state index in [2.05, 4.69) is 20.4 Å². The third-order valence-corrected chi connectivity index (χ3v) is 4.86. The van der Waals surface area contributed by atoms with Gasteiger partial charge in [-0.25, -0.2) is 19.4 Å². The number of esters is 1. The van der Waals surface area contributed by atoms with Crippen LogP contribution in [0, 0.1) is 34.6 Å². The first-order chi connectivity index (χ1) is 14.2. The van der Waals surface area contributed by atoms with Crippen molar-refractivity contribution in [2.75, 3.05) is 12.4 Å². The molecule has 30 heavy (non-hydrogen) atoms. The fraction of sp³-hybridized carbons (Fsp3) is 0.318. The summed E-state index contributed by atoms with van der Waals surface area (Å²) in [6.45, 7) is 9.41. The first-order valence-electron chi connectivity index (χ1n) is 9.56. The van der Waals surface area contributed by atoms with E-state index >= 15 is 0 Å². The number of methoxy groups -OCH3 is 1. The van der Waals surface area contributed by atoms with Crippen LogP contribution in [0.15, 0.2) is 24.3 Å². The summed E-state index contributed by atoms with van der Waals surface area (Å²) in [6, 6.07) is 6.91. The molecule has 0 saturated carbocycles. The summed E-state index contributed by atoms with van der Waals surface area (Å²) in [6.07, 6.45) is 0.167. The normalized spacial score (nSPS) is 10.7. The van der Waals surface area contributed by atoms with E-state index in [0.29, 0.717) is 17.2 Å². The molecule has 8 heteroatoms. The highest BCUT2D eigenvalue weighted by molar-refractivity contribution is 5.95. The Morgan fingerprint density at radius 2 is 1.70 bits per heavy atom. The lowest BCUT2D eigenvalue weighted by Gasteiger charge is -2.10. The van der Waals surface area contributed by atoms with Crippen molar-refractivity contribution in [1.29, 1.82) is 0 Å². The summed E-state index contributed by atoms with van der Waals surface area (Å²) in [5.74, 6) is -0.0896. The lowest BCUT2D eigenvalue weighted by atomic mass is 10.1. The van der Waals surface area contributed by atoms with Crippen LogP contribution in [0.2, 0.25) is 0 Å². The van der Waals surface area contributed by atoms with Crippen LogP contribution in [-0.2, 0) is 16.0 Å². The Hall–Kier alpha value is -3.55. The Morgan fingerprint density at radius 1 is 1.03 bits per heavy atom. The third kappa shape index (κ3) is 4.37. The summed E-state index contributed by atoms with van der Waals surface area (Å²) < 4.78 is 6.40. The second-order valence-corrected chi connectivity index (χ2v) is 7.26. The van der Waals surface area contributed by atoms with Crippen LogP contribution < -0.4 is 5.32 Å². The predicted octanol–water partition coefficient (Wildman–Crippen LogP) is 3.17. The molecule has 1 N–H and O–H groups in total. The van der Waals surface area contributed by atoms with Crippen LogP contribution in [0.1, 0.15) is 44.3 Å². The van der Waals surface area contributed by atoms with E-state index in [4.69, 9.17) is 4.74 Å². The number of aryl methyl sites for hydroxylation is 4. The molecule has 2 heterocycles. The number of carbonyl (C=O) groups is 2. The van der Waals surface area contributed by atoms with Crippen LogP contribution in [0.3, 0.4) is 0 Å². The molecule has 0 spiro atoms. The Bertz CT molecular complexity index is 1110. The minimum absolute atomic E-state index is 0.167. The summed E-state index contributed by atoms with van der Waals surface area (Å²) >= 11 is 0. The molecule has 3 aromatic rings. The first kappa shape index (κ1) is 21.2. The van der Waals surface area contributed by atoms with Gasteiger partial charge in [-0.15, -0.1) is 0 Å². The van der Waals surface area contributed by atoms with Gasteiger partial charge in [0, 0.05) is 28.3 Å². The maximum absolute atomic E-state index is 12.7. The van der Waals surface area contributed by atoms with Gasteiger partial charge in [-0.05, 0) is 64.4 Å². The molecule has 2 aromatic heterocycles. The van der Waals surface area contributed by atoms with Gasteiger partial charge in [0.1, 0.15) is 0 Å². The smallest absolute Gasteiger partial charge is 0.337 e. The van der Waals surface area contributed by atoms with E-state index in [0.717, 1.165) is 33.9 Å². The largest absolute Gasteiger partial charge is 0.465 e. The molecule has 0 saturated heterocycles. The molecular weight excluding hydrogens is 382 g/mol. The summed E-state index contributed by atoms with van der Waals surface area (Å²) in [5, 5.41) is 7.45. The highest BCUT2D eigenvalue weighted by atomic mass is 16.5. The summed E-state index contributed by atoms with van der Waals surface area (Å²) in [7, 11) is 1.33. The molecule has 0 aliphatic rings. The van der Waals surface area contributed by atoms with Crippen LogP contribution in [-0.4, -0.2) is 38.7 Å². The number of rotatable bonds is 5. The molecule has 1 aromatic carbocycles. The van der Waals surface area contributed by atoms with Gasteiger partial charge in [0.25, 0.3) is 5.95 Å². The number of ether oxygens (including phenoxy) is 1. The highest BCUT2D eigenvalue weighted by Crippen LogP contribution is 2.20. The third-order valence-electron chi connectivity index (χ3n) is 4.86. The van der Waals surface area contributed by atoms with E-state index in [9.17, 15) is 9.59 Å². The number of nitrogens with zero attached hydrogens (tertiary/aromatic N) is 4. The van der Waals surface area contributed by atoms with E-state index in [1.807, 2.05) is 40.7 Å². The average molecular weight is 407 g/mol. The molecule has 0 aliphatic carbocycles. The van der Waals surface area contributed by atoms with E-state index in [1.54, 1.807) is 22.9 Å². The van der Waals surface area contributed by atoms with Crippen LogP contribution in [0.25, 0.3) is 5.95 Å². The Morgan fingerprint density at radius 3 is 2.30 bits per heavy atom. The number of amides is 1. The molecule has 0 unspecified atom stereocenters. The molecule has 1 amide bonds. The zero-order valence-corrected chi connectivity index (χ0v) is 18.0. The van der Waals surface area contributed by atoms with Crippen molar-refractivity contribution in [3.8, 4) is 5.95 Å². The number of aromatic nitrogens is 4. The number of benzene rings is 1. The lowest BCUT2D eigenvalue weighted by molar-refractivity contribution is -0.115. The topological polar surface area (TPSA) is 99.0 Å². The average Bonchev–Trinajstić information content (AvgIpc) is 2.96. The van der Waals surface area contributed by atoms with Crippen molar-refractivity contribution < 1.29 is 14.3 Å². The van der Waals surface area contributed by atoms with Crippen LogP contribution in [0.4, 0.5) is 5.69 Å². The SMILES string of the molecule is COC(=O)c1ccc(NC(=O)Cc2c(C)nn(-c3nc(C)cc(C)n3)c2C)c(C)c1. The zero-order chi connectivity index (χ0) is 22.0. The molecule has 0 fully saturated rings. The maximum Gasteiger partial charge on any atom is 0.337 e. The summed E-state index contributed by atoms with van der Waals surface area (Å²) in [4.78, 5) is 33.3. The molecule has 0 aliphatic heterocycles. The fourth-order valence-corrected chi connectivity index (χ4v) is 3.33. The van der Waals surface area contributed by atoms with Crippen molar-refractivity contribution in [3.05, 3.63) is 63.7 Å². The van der Waals surface area contributed by atoms with Gasteiger partial charge in [0.15, 0.2) is 0 Å². The van der Waals surface area contributed by atoms with Crippen molar-refractivity contribution in [3.63, 3.8) is 0 Å². The molecule has 3 rings (SSSR count). The van der Waals surface area contributed by atoms with E-state index in [-0.39, 0.29) is 12.3 Å². The minimum Gasteiger partial charge on any atom is -0.465 e. The lowest BCUT2D eigenvalue weighted by Crippen LogP contribution is -2.16. The van der Waals surface area contributed by atoms with Gasteiger partial charge in [0.2, 0.25) is 5.91 Å². The highest BCUT2D eigenvalue weighted by Gasteiger charge is 2.18. The van der Waals surface area contributed by atoms with Gasteiger partial charge in [0.05, 0.1) is 24.8 Å². The van der Waals surface area contributed by atoms with E-state index < -0.39 is 5.97 Å². The number of anilines is 1. The van der Waals surface area contributed by atoms with E-state index in [1.165, 1.54) is 7.11 Å².